The lowest BCUT2D eigenvalue weighted by atomic mass is 10.1. The number of nitrogens with one attached hydrogen (secondary N) is 3. The van der Waals surface area contributed by atoms with Crippen LogP contribution in [-0.2, 0) is 14.4 Å². The number of carbonyl (C=O) groups excluding carboxylic acids is 3. The van der Waals surface area contributed by atoms with Crippen molar-refractivity contribution in [2.24, 2.45) is 0 Å². The van der Waals surface area contributed by atoms with Crippen LogP contribution < -0.4 is 16.0 Å². The molecule has 0 bridgehead atoms. The van der Waals surface area contributed by atoms with E-state index < -0.39 is 0 Å². The maximum Gasteiger partial charge on any atom is 0.220 e. The first kappa shape index (κ1) is 32.4. The molecule has 0 aliphatic carbocycles. The second-order valence-electron chi connectivity index (χ2n) is 9.32. The van der Waals surface area contributed by atoms with Crippen LogP contribution in [0, 0.1) is 0 Å². The van der Waals surface area contributed by atoms with Gasteiger partial charge >= 0.3 is 0 Å². The fourth-order valence-corrected chi connectivity index (χ4v) is 3.80. The summed E-state index contributed by atoms with van der Waals surface area (Å²) in [5, 5.41) is 9.04. The molecular weight excluding hydrogens is 428 g/mol. The van der Waals surface area contributed by atoms with E-state index in [-0.39, 0.29) is 17.7 Å². The summed E-state index contributed by atoms with van der Waals surface area (Å²) in [5.41, 5.74) is 0. The SMILES string of the molecule is CCCCCCC(=O)NCCN(CCNC(=O)CCCCCC)CCNC(=O)CCCCCC. The number of rotatable bonds is 24. The molecule has 0 aromatic heterocycles. The third-order valence-electron chi connectivity index (χ3n) is 6.02. The first-order chi connectivity index (χ1) is 16.5. The highest BCUT2D eigenvalue weighted by atomic mass is 16.2. The molecular formula is C27H54N4O3. The van der Waals surface area contributed by atoms with Crippen molar-refractivity contribution in [3.05, 3.63) is 0 Å². The van der Waals surface area contributed by atoms with Gasteiger partial charge in [-0.05, 0) is 19.3 Å². The number of hydrogen-bond acceptors (Lipinski definition) is 4. The van der Waals surface area contributed by atoms with Crippen LogP contribution >= 0.6 is 0 Å². The van der Waals surface area contributed by atoms with E-state index in [1.165, 1.54) is 38.5 Å². The van der Waals surface area contributed by atoms with E-state index in [1.807, 2.05) is 0 Å². The molecule has 0 saturated heterocycles. The van der Waals surface area contributed by atoms with Gasteiger partial charge in [-0.3, -0.25) is 19.3 Å². The maximum absolute atomic E-state index is 12.0. The molecule has 3 N–H and O–H groups in total. The van der Waals surface area contributed by atoms with Crippen molar-refractivity contribution in [1.82, 2.24) is 20.9 Å². The van der Waals surface area contributed by atoms with Crippen LogP contribution in [0.15, 0.2) is 0 Å². The average Bonchev–Trinajstić information content (AvgIpc) is 2.82. The molecule has 3 amide bonds. The van der Waals surface area contributed by atoms with Gasteiger partial charge in [-0.25, -0.2) is 0 Å². The summed E-state index contributed by atoms with van der Waals surface area (Å²) >= 11 is 0. The molecule has 0 spiro atoms. The van der Waals surface area contributed by atoms with Crippen molar-refractivity contribution in [3.8, 4) is 0 Å². The standard InChI is InChI=1S/C27H54N4O3/c1-4-7-10-13-16-25(32)28-19-22-31(23-20-29-26(33)17-14-11-8-5-2)24-21-30-27(34)18-15-12-9-6-3/h4-24H2,1-3H3,(H,28,32)(H,29,33)(H,30,34). The highest BCUT2D eigenvalue weighted by molar-refractivity contribution is 5.76. The average molecular weight is 483 g/mol. The Morgan fingerprint density at radius 1 is 0.471 bits per heavy atom. The summed E-state index contributed by atoms with van der Waals surface area (Å²) in [5.74, 6) is 0.324. The second kappa shape index (κ2) is 24.5. The first-order valence-corrected chi connectivity index (χ1v) is 14.1. The molecule has 7 nitrogen and oxygen atoms in total. The zero-order valence-corrected chi connectivity index (χ0v) is 22.5. The van der Waals surface area contributed by atoms with E-state index in [0.29, 0.717) is 58.5 Å². The van der Waals surface area contributed by atoms with E-state index in [1.54, 1.807) is 0 Å². The molecule has 0 aliphatic heterocycles. The first-order valence-electron chi connectivity index (χ1n) is 14.1. The maximum atomic E-state index is 12.0. The van der Waals surface area contributed by atoms with Gasteiger partial charge in [-0.15, -0.1) is 0 Å². The Balaban J connectivity index is 4.28. The Hall–Kier alpha value is -1.63. The smallest absolute Gasteiger partial charge is 0.220 e. The van der Waals surface area contributed by atoms with Crippen molar-refractivity contribution in [2.75, 3.05) is 39.3 Å². The zero-order chi connectivity index (χ0) is 25.3. The van der Waals surface area contributed by atoms with Gasteiger partial charge in [-0.1, -0.05) is 78.6 Å². The van der Waals surface area contributed by atoms with Crippen LogP contribution in [0.1, 0.15) is 117 Å². The topological polar surface area (TPSA) is 90.5 Å². The molecule has 7 heteroatoms. The van der Waals surface area contributed by atoms with Gasteiger partial charge in [0.2, 0.25) is 17.7 Å². The highest BCUT2D eigenvalue weighted by Gasteiger charge is 2.09. The fraction of sp³-hybridized carbons (Fsp3) is 0.889. The molecule has 0 aromatic rings. The van der Waals surface area contributed by atoms with Gasteiger partial charge in [-0.2, -0.15) is 0 Å². The highest BCUT2D eigenvalue weighted by Crippen LogP contribution is 2.03. The summed E-state index contributed by atoms with van der Waals surface area (Å²) in [6.45, 7) is 10.4. The Morgan fingerprint density at radius 2 is 0.765 bits per heavy atom. The van der Waals surface area contributed by atoms with Crippen molar-refractivity contribution in [2.45, 2.75) is 117 Å². The fourth-order valence-electron chi connectivity index (χ4n) is 3.80. The quantitative estimate of drug-likeness (QED) is 0.176. The van der Waals surface area contributed by atoms with Crippen molar-refractivity contribution >= 4 is 17.7 Å². The van der Waals surface area contributed by atoms with Gasteiger partial charge in [0, 0.05) is 58.5 Å². The molecule has 0 aromatic carbocycles. The van der Waals surface area contributed by atoms with E-state index in [0.717, 1.165) is 38.5 Å². The third-order valence-corrected chi connectivity index (χ3v) is 6.02. The van der Waals surface area contributed by atoms with E-state index in [2.05, 4.69) is 41.6 Å². The lowest BCUT2D eigenvalue weighted by Crippen LogP contribution is -2.43. The minimum absolute atomic E-state index is 0.108. The molecule has 0 atom stereocenters. The number of nitrogens with zero attached hydrogens (tertiary/aromatic N) is 1. The minimum atomic E-state index is 0.108. The van der Waals surface area contributed by atoms with Gasteiger partial charge < -0.3 is 16.0 Å². The van der Waals surface area contributed by atoms with E-state index in [4.69, 9.17) is 0 Å². The lowest BCUT2D eigenvalue weighted by molar-refractivity contribution is -0.121. The molecule has 0 saturated carbocycles. The van der Waals surface area contributed by atoms with Crippen LogP contribution in [0.2, 0.25) is 0 Å². The Labute approximate surface area is 209 Å². The second-order valence-corrected chi connectivity index (χ2v) is 9.32. The zero-order valence-electron chi connectivity index (χ0n) is 22.5. The summed E-state index contributed by atoms with van der Waals surface area (Å²) in [7, 11) is 0. The Morgan fingerprint density at radius 3 is 1.03 bits per heavy atom. The summed E-state index contributed by atoms with van der Waals surface area (Å²) in [6.07, 6.45) is 14.9. The van der Waals surface area contributed by atoms with Gasteiger partial charge in [0.15, 0.2) is 0 Å². The van der Waals surface area contributed by atoms with Crippen LogP contribution in [0.25, 0.3) is 0 Å². The molecule has 34 heavy (non-hydrogen) atoms. The molecule has 0 heterocycles. The van der Waals surface area contributed by atoms with Crippen LogP contribution in [0.3, 0.4) is 0 Å². The monoisotopic (exact) mass is 482 g/mol. The summed E-state index contributed by atoms with van der Waals surface area (Å²) < 4.78 is 0. The molecule has 0 fully saturated rings. The molecule has 0 radical (unpaired) electrons. The lowest BCUT2D eigenvalue weighted by Gasteiger charge is -2.23. The third kappa shape index (κ3) is 22.2. The Kier molecular flexibility index (Phi) is 23.3. The van der Waals surface area contributed by atoms with Gasteiger partial charge in [0.25, 0.3) is 0 Å². The summed E-state index contributed by atoms with van der Waals surface area (Å²) in [6, 6.07) is 0. The number of unbranched alkanes of at least 4 members (excludes halogenated alkanes) is 9. The predicted molar refractivity (Wildman–Crippen MR) is 142 cm³/mol. The van der Waals surface area contributed by atoms with Crippen LogP contribution in [0.4, 0.5) is 0 Å². The van der Waals surface area contributed by atoms with Gasteiger partial charge in [0.05, 0.1) is 0 Å². The predicted octanol–water partition coefficient (Wildman–Crippen LogP) is 4.55. The van der Waals surface area contributed by atoms with Crippen molar-refractivity contribution in [3.63, 3.8) is 0 Å². The normalized spacial score (nSPS) is 10.9. The minimum Gasteiger partial charge on any atom is -0.355 e. The number of amides is 3. The molecule has 0 rings (SSSR count). The Bertz CT molecular complexity index is 443. The van der Waals surface area contributed by atoms with Crippen LogP contribution in [-0.4, -0.2) is 61.9 Å². The molecule has 200 valence electrons. The van der Waals surface area contributed by atoms with Crippen LogP contribution in [0.5, 0.6) is 0 Å². The van der Waals surface area contributed by atoms with E-state index >= 15 is 0 Å². The van der Waals surface area contributed by atoms with Crippen molar-refractivity contribution in [1.29, 1.82) is 0 Å². The molecule has 0 aliphatic rings. The van der Waals surface area contributed by atoms with E-state index in [9.17, 15) is 14.4 Å². The largest absolute Gasteiger partial charge is 0.355 e. The molecule has 0 unspecified atom stereocenters. The number of hydrogen-bond donors (Lipinski definition) is 3. The summed E-state index contributed by atoms with van der Waals surface area (Å²) in [4.78, 5) is 38.3. The van der Waals surface area contributed by atoms with Gasteiger partial charge in [0.1, 0.15) is 0 Å². The van der Waals surface area contributed by atoms with Crippen molar-refractivity contribution < 1.29 is 14.4 Å². The number of carbonyl (C=O) groups is 3.